The Balaban J connectivity index is 1.36. The predicted molar refractivity (Wildman–Crippen MR) is 102 cm³/mol. The molecular weight excluding hydrogens is 328 g/mol. The summed E-state index contributed by atoms with van der Waals surface area (Å²) in [6.07, 6.45) is 2.00. The van der Waals surface area contributed by atoms with Gasteiger partial charge in [0.05, 0.1) is 6.20 Å². The van der Waals surface area contributed by atoms with Gasteiger partial charge in [0.1, 0.15) is 43.4 Å². The minimum absolute atomic E-state index is 1.02. The van der Waals surface area contributed by atoms with E-state index in [1.54, 1.807) is 16.2 Å². The Morgan fingerprint density at radius 3 is 2.80 bits per heavy atom. The zero-order valence-electron chi connectivity index (χ0n) is 14.5. The molecule has 0 saturated carbocycles. The predicted octanol–water partition coefficient (Wildman–Crippen LogP) is 1.84. The Hall–Kier alpha value is -2.24. The van der Waals surface area contributed by atoms with Crippen molar-refractivity contribution in [2.45, 2.75) is 13.5 Å². The third kappa shape index (κ3) is 3.89. The zero-order chi connectivity index (χ0) is 17.1. The number of thiazole rings is 1. The van der Waals surface area contributed by atoms with Gasteiger partial charge in [0.15, 0.2) is 0 Å². The molecule has 0 spiro atoms. The number of aromatic nitrogens is 2. The molecule has 4 rings (SSSR count). The Labute approximate surface area is 152 Å². The minimum Gasteiger partial charge on any atom is -0.323 e. The number of pyridine rings is 1. The second-order valence-corrected chi connectivity index (χ2v) is 7.53. The van der Waals surface area contributed by atoms with Gasteiger partial charge in [0.2, 0.25) is 0 Å². The molecule has 128 valence electrons. The van der Waals surface area contributed by atoms with Gasteiger partial charge in [0.25, 0.3) is 5.82 Å². The highest BCUT2D eigenvalue weighted by Crippen LogP contribution is 2.24. The van der Waals surface area contributed by atoms with Crippen LogP contribution in [0.15, 0.2) is 54.0 Å². The van der Waals surface area contributed by atoms with Crippen LogP contribution in [0.4, 0.5) is 5.82 Å². The molecule has 1 aliphatic heterocycles. The quantitative estimate of drug-likeness (QED) is 0.778. The Bertz CT molecular complexity index is 822. The van der Waals surface area contributed by atoms with E-state index in [1.807, 2.05) is 12.3 Å². The number of rotatable bonds is 4. The van der Waals surface area contributed by atoms with Gasteiger partial charge in [-0.1, -0.05) is 29.8 Å². The molecule has 4 nitrogen and oxygen atoms in total. The summed E-state index contributed by atoms with van der Waals surface area (Å²) >= 11 is 1.76. The molecule has 0 aliphatic carbocycles. The van der Waals surface area contributed by atoms with Crippen molar-refractivity contribution in [1.29, 1.82) is 0 Å². The first-order chi connectivity index (χ1) is 12.3. The number of H-pyrrole nitrogens is 1. The Morgan fingerprint density at radius 1 is 1.16 bits per heavy atom. The van der Waals surface area contributed by atoms with Gasteiger partial charge >= 0.3 is 0 Å². The Morgan fingerprint density at radius 2 is 2.04 bits per heavy atom. The minimum atomic E-state index is 1.02. The number of anilines is 1. The van der Waals surface area contributed by atoms with Gasteiger partial charge in [-0.15, -0.1) is 11.3 Å². The van der Waals surface area contributed by atoms with E-state index >= 15 is 0 Å². The summed E-state index contributed by atoms with van der Waals surface area (Å²) in [6.45, 7) is 7.63. The van der Waals surface area contributed by atoms with Crippen LogP contribution in [0.2, 0.25) is 0 Å². The maximum absolute atomic E-state index is 4.87. The summed E-state index contributed by atoms with van der Waals surface area (Å²) < 4.78 is 0. The first kappa shape index (κ1) is 16.2. The largest absolute Gasteiger partial charge is 0.323 e. The van der Waals surface area contributed by atoms with Gasteiger partial charge < -0.3 is 4.90 Å². The topological polar surface area (TPSA) is 34.7 Å². The van der Waals surface area contributed by atoms with Gasteiger partial charge in [-0.05, 0) is 19.1 Å². The summed E-state index contributed by atoms with van der Waals surface area (Å²) in [5.74, 6) is 1.22. The van der Waals surface area contributed by atoms with Crippen LogP contribution in [-0.4, -0.2) is 31.2 Å². The molecule has 2 aromatic heterocycles. The van der Waals surface area contributed by atoms with Gasteiger partial charge in [-0.25, -0.2) is 9.97 Å². The number of aromatic amines is 1. The smallest absolute Gasteiger partial charge is 0.274 e. The highest BCUT2D eigenvalue weighted by atomic mass is 32.1. The molecule has 1 aliphatic rings. The van der Waals surface area contributed by atoms with Crippen molar-refractivity contribution >= 4 is 17.2 Å². The average Bonchev–Trinajstić information content (AvgIpc) is 3.12. The zero-order valence-corrected chi connectivity index (χ0v) is 15.4. The first-order valence-electron chi connectivity index (χ1n) is 8.84. The standard InChI is InChI=1S/C20H22N4S/c1-16-5-4-6-17(13-16)20-22-18(15-25-20)14-23-9-11-24(12-10-23)19-7-2-3-8-21-19/h2-8,13,15H,9-12,14H2,1H3/p+2. The van der Waals surface area contributed by atoms with Crippen LogP contribution in [0.5, 0.6) is 0 Å². The van der Waals surface area contributed by atoms with Gasteiger partial charge in [-0.2, -0.15) is 0 Å². The normalized spacial score (nSPS) is 15.5. The molecule has 2 N–H and O–H groups in total. The highest BCUT2D eigenvalue weighted by Gasteiger charge is 2.26. The van der Waals surface area contributed by atoms with Crippen LogP contribution in [0.1, 0.15) is 11.3 Å². The van der Waals surface area contributed by atoms with Crippen LogP contribution < -0.4 is 14.8 Å². The average molecular weight is 353 g/mol. The third-order valence-electron chi connectivity index (χ3n) is 4.75. The van der Waals surface area contributed by atoms with Crippen molar-refractivity contribution in [3.63, 3.8) is 0 Å². The van der Waals surface area contributed by atoms with E-state index < -0.39 is 0 Å². The number of hydrogen-bond donors (Lipinski definition) is 1. The number of nitrogens with one attached hydrogen (secondary N) is 2. The number of piperazine rings is 1. The van der Waals surface area contributed by atoms with Crippen LogP contribution in [0.3, 0.4) is 0 Å². The fourth-order valence-electron chi connectivity index (χ4n) is 3.38. The summed E-state index contributed by atoms with van der Waals surface area (Å²) in [7, 11) is 0. The monoisotopic (exact) mass is 352 g/mol. The molecule has 0 unspecified atom stereocenters. The molecule has 0 amide bonds. The number of nitrogens with zero attached hydrogens (tertiary/aromatic N) is 2. The van der Waals surface area contributed by atoms with Crippen LogP contribution in [0.25, 0.3) is 10.6 Å². The van der Waals surface area contributed by atoms with Crippen molar-refractivity contribution in [3.05, 3.63) is 65.3 Å². The molecule has 0 bridgehead atoms. The lowest BCUT2D eigenvalue weighted by Gasteiger charge is -2.27. The van der Waals surface area contributed by atoms with Crippen molar-refractivity contribution in [3.8, 4) is 10.6 Å². The second kappa shape index (κ2) is 7.33. The lowest BCUT2D eigenvalue weighted by atomic mass is 10.1. The van der Waals surface area contributed by atoms with E-state index in [2.05, 4.69) is 58.6 Å². The van der Waals surface area contributed by atoms with Gasteiger partial charge in [0, 0.05) is 17.0 Å². The van der Waals surface area contributed by atoms with Crippen LogP contribution in [0, 0.1) is 6.92 Å². The molecule has 3 heterocycles. The maximum atomic E-state index is 4.87. The third-order valence-corrected chi connectivity index (χ3v) is 5.69. The molecule has 0 radical (unpaired) electrons. The SMILES string of the molecule is Cc1cccc(-c2nc(C[NH+]3CCN(c4cccc[nH+]4)CC3)cs2)c1. The number of aryl methyl sites for hydroxylation is 1. The summed E-state index contributed by atoms with van der Waals surface area (Å²) in [5, 5.41) is 3.36. The molecule has 3 aromatic rings. The highest BCUT2D eigenvalue weighted by molar-refractivity contribution is 7.13. The van der Waals surface area contributed by atoms with Crippen molar-refractivity contribution in [2.24, 2.45) is 0 Å². The summed E-state index contributed by atoms with van der Waals surface area (Å²) in [6, 6.07) is 14.9. The molecule has 1 saturated heterocycles. The maximum Gasteiger partial charge on any atom is 0.274 e. The van der Waals surface area contributed by atoms with Crippen molar-refractivity contribution < 1.29 is 9.88 Å². The first-order valence-corrected chi connectivity index (χ1v) is 9.72. The van der Waals surface area contributed by atoms with Gasteiger partial charge in [-0.3, -0.25) is 4.90 Å². The molecule has 25 heavy (non-hydrogen) atoms. The fraction of sp³-hybridized carbons (Fsp3) is 0.300. The summed E-state index contributed by atoms with van der Waals surface area (Å²) in [4.78, 5) is 12.3. The molecule has 1 aromatic carbocycles. The van der Waals surface area contributed by atoms with E-state index in [0.717, 1.165) is 37.7 Å². The Kier molecular flexibility index (Phi) is 4.76. The van der Waals surface area contributed by atoms with Crippen molar-refractivity contribution in [1.82, 2.24) is 4.98 Å². The molecule has 1 fully saturated rings. The van der Waals surface area contributed by atoms with Crippen LogP contribution >= 0.6 is 11.3 Å². The fourth-order valence-corrected chi connectivity index (χ4v) is 4.19. The lowest BCUT2D eigenvalue weighted by molar-refractivity contribution is -0.914. The van der Waals surface area contributed by atoms with Crippen molar-refractivity contribution in [2.75, 3.05) is 31.1 Å². The molecule has 5 heteroatoms. The van der Waals surface area contributed by atoms with E-state index in [4.69, 9.17) is 4.98 Å². The van der Waals surface area contributed by atoms with E-state index in [1.165, 1.54) is 22.6 Å². The van der Waals surface area contributed by atoms with E-state index in [-0.39, 0.29) is 0 Å². The number of benzene rings is 1. The van der Waals surface area contributed by atoms with E-state index in [9.17, 15) is 0 Å². The second-order valence-electron chi connectivity index (χ2n) is 6.68. The number of hydrogen-bond acceptors (Lipinski definition) is 3. The lowest BCUT2D eigenvalue weighted by Crippen LogP contribution is -3.13. The summed E-state index contributed by atoms with van der Waals surface area (Å²) in [5.41, 5.74) is 3.74. The number of quaternary nitrogens is 1. The van der Waals surface area contributed by atoms with Crippen LogP contribution in [-0.2, 0) is 6.54 Å². The molecular formula is C20H24N4S+2. The van der Waals surface area contributed by atoms with E-state index in [0.29, 0.717) is 0 Å². The molecule has 0 atom stereocenters.